The van der Waals surface area contributed by atoms with E-state index in [9.17, 15) is 19.2 Å². The number of carbonyl (C=O) groups is 4. The molecule has 20 rings (SSSR count). The number of hydrogen-bond acceptors (Lipinski definition) is 19. The van der Waals surface area contributed by atoms with Crippen LogP contribution in [0.4, 0.5) is 5.82 Å². The lowest BCUT2D eigenvalue weighted by Gasteiger charge is -2.32. The van der Waals surface area contributed by atoms with Gasteiger partial charge in [-0.15, -0.1) is 20.4 Å². The summed E-state index contributed by atoms with van der Waals surface area (Å²) in [5.74, 6) is 3.91. The Labute approximate surface area is 700 Å². The van der Waals surface area contributed by atoms with Crippen molar-refractivity contribution in [2.75, 3.05) is 4.90 Å². The number of fused-ring (bicyclic) bond motifs is 4. The van der Waals surface area contributed by atoms with Crippen LogP contribution in [0.25, 0.3) is 45.8 Å². The topological polar surface area (TPSA) is 304 Å². The van der Waals surface area contributed by atoms with Gasteiger partial charge < -0.3 is 66.7 Å². The summed E-state index contributed by atoms with van der Waals surface area (Å²) in [5, 5.41) is 24.8. The average Bonchev–Trinajstić information content (AvgIpc) is 1.60. The number of nitrogens with zero attached hydrogens (tertiary/aromatic N) is 15. The first-order valence-corrected chi connectivity index (χ1v) is 40.8. The lowest BCUT2D eigenvalue weighted by molar-refractivity contribution is 0.00578. The molecule has 3 N–H and O–H groups in total. The molecule has 4 aromatic carbocycles. The molecule has 9 aliphatic rings. The highest BCUT2D eigenvalue weighted by Crippen LogP contribution is 2.45. The van der Waals surface area contributed by atoms with Crippen molar-refractivity contribution in [2.45, 2.75) is 181 Å². The number of pyridine rings is 2. The van der Waals surface area contributed by atoms with Gasteiger partial charge >= 0.3 is 21.1 Å². The summed E-state index contributed by atoms with van der Waals surface area (Å²) >= 11 is 9.89. The number of rotatable bonds is 9. The molecule has 5 fully saturated rings. The molecule has 2 aliphatic carbocycles. The standard InChI is InChI=1S/C22H19N7O.C14H18BNO3.C12H24B2O4.C12H11N3O.C10H9BrN4.C8H6BrNO.C4H5BrN2/c1-27-10-9-23-20(27)14-5-6-15-12-28(22(30)17(15)11-14)19-4-2-3-18(25-19)21-26-24-13-29(21)16-7-8-16;1-13(2)14(3,4)19-15(18-13)10-6-5-9-8-16-12(17)11(9)7-10;1-9(2)10(3,4)16-13(15-9)14-17-11(5,6)12(7,8)18-14;1-15-5-4-13-11(15)8-2-3-9-7-14-12(16)10(9)6-8;11-9-3-1-2-8(13-9)10-14-12-6-15(10)7-4-5-7;9-6-2-1-5-4-10-8(11)7(5)3-6;1-7-3-2-6-4(7)5/h2-6,9-11,13,16H,7-8,12H2,1H3;5-7H,8H2,1-4H3,(H,16,17);1-8H3;2-6H,7H2,1H3,(H,14,16);1-3,6-7H,4-5H2;1-3H,4H2,(H,10,11);2-3H,1H3. The number of amides is 4. The van der Waals surface area contributed by atoms with Gasteiger partial charge in [0.15, 0.2) is 16.4 Å². The first-order valence-electron chi connectivity index (χ1n) is 38.4. The van der Waals surface area contributed by atoms with Crippen LogP contribution in [-0.2, 0) is 75.2 Å². The Balaban J connectivity index is 0.000000116. The predicted octanol–water partition coefficient (Wildman–Crippen LogP) is 13.4. The molecule has 0 spiro atoms. The zero-order valence-corrected chi connectivity index (χ0v) is 72.2. The molecule has 14 heterocycles. The van der Waals surface area contributed by atoms with Crippen LogP contribution in [0, 0.1) is 0 Å². The van der Waals surface area contributed by atoms with E-state index >= 15 is 0 Å². The predicted molar refractivity (Wildman–Crippen MR) is 451 cm³/mol. The monoisotopic (exact) mass is 1760 g/mol. The molecule has 4 amide bonds. The molecule has 0 radical (unpaired) electrons. The van der Waals surface area contributed by atoms with Crippen molar-refractivity contribution in [2.24, 2.45) is 21.1 Å². The number of halogens is 3. The maximum Gasteiger partial charge on any atom is 0.494 e. The molecule has 0 unspecified atom stereocenters. The van der Waals surface area contributed by atoms with Gasteiger partial charge in [-0.2, -0.15) is 0 Å². The first-order chi connectivity index (χ1) is 55.0. The smallest absolute Gasteiger partial charge is 0.405 e. The second-order valence-corrected chi connectivity index (χ2v) is 35.0. The van der Waals surface area contributed by atoms with Crippen molar-refractivity contribution in [3.8, 4) is 45.8 Å². The second-order valence-electron chi connectivity index (χ2n) is 32.6. The Morgan fingerprint density at radius 1 is 0.440 bits per heavy atom. The maximum atomic E-state index is 13.2. The molecular formula is C82H92B3Br3N18O10. The van der Waals surface area contributed by atoms with Crippen LogP contribution in [0.5, 0.6) is 0 Å². The third-order valence-corrected chi connectivity index (χ3v) is 24.4. The number of imidazole rings is 3. The van der Waals surface area contributed by atoms with E-state index in [0.717, 1.165) is 117 Å². The van der Waals surface area contributed by atoms with Crippen molar-refractivity contribution < 1.29 is 47.1 Å². The molecule has 28 nitrogen and oxygen atoms in total. The van der Waals surface area contributed by atoms with E-state index in [1.165, 1.54) is 12.8 Å². The molecule has 0 atom stereocenters. The summed E-state index contributed by atoms with van der Waals surface area (Å²) in [6.07, 6.45) is 19.2. The van der Waals surface area contributed by atoms with E-state index in [1.807, 2.05) is 246 Å². The Morgan fingerprint density at radius 3 is 1.31 bits per heavy atom. The van der Waals surface area contributed by atoms with Gasteiger partial charge in [0.25, 0.3) is 23.6 Å². The molecule has 11 aromatic rings. The fraction of sp³-hybridized carbons (Fsp3) is 0.378. The summed E-state index contributed by atoms with van der Waals surface area (Å²) in [6.45, 7) is 26.7. The van der Waals surface area contributed by atoms with E-state index in [0.29, 0.717) is 49.6 Å². The van der Waals surface area contributed by atoms with E-state index in [2.05, 4.69) is 113 Å². The van der Waals surface area contributed by atoms with Crippen LogP contribution in [0.15, 0.2) is 173 Å². The molecule has 0 bridgehead atoms. The summed E-state index contributed by atoms with van der Waals surface area (Å²) < 4.78 is 48.4. The van der Waals surface area contributed by atoms with Gasteiger partial charge in [-0.3, -0.25) is 24.1 Å². The van der Waals surface area contributed by atoms with Crippen LogP contribution >= 0.6 is 47.8 Å². The number of nitrogens with one attached hydrogen (secondary N) is 3. The number of benzene rings is 4. The summed E-state index contributed by atoms with van der Waals surface area (Å²) in [6, 6.07) is 35.9. The summed E-state index contributed by atoms with van der Waals surface area (Å²) in [7, 11) is 4.45. The number of aryl methyl sites for hydroxylation is 3. The van der Waals surface area contributed by atoms with Crippen LogP contribution in [-0.4, -0.2) is 147 Å². The third kappa shape index (κ3) is 17.8. The lowest BCUT2D eigenvalue weighted by Crippen LogP contribution is -2.41. The van der Waals surface area contributed by atoms with Crippen LogP contribution in [0.3, 0.4) is 0 Å². The molecule has 7 aliphatic heterocycles. The Hall–Kier alpha value is -9.64. The zero-order chi connectivity index (χ0) is 82.6. The number of aromatic nitrogens is 14. The highest BCUT2D eigenvalue weighted by molar-refractivity contribution is 9.11. The largest absolute Gasteiger partial charge is 0.494 e. The van der Waals surface area contributed by atoms with Crippen LogP contribution in [0.2, 0.25) is 0 Å². The Bertz CT molecular complexity index is 5420. The highest BCUT2D eigenvalue weighted by atomic mass is 79.9. The SMILES string of the molecule is Brc1cccc(-c2nncn2C2CC2)n1.CC1(C)OB(B2OC(C)(C)C(C)(C)O2)OC1(C)C.CC1(C)OB(c2ccc3c(c2)C(=O)NC3)OC1(C)C.Cn1ccnc1-c1ccc2c(c1)C(=O)N(c1cccc(-c3nncn3C3CC3)n1)C2.Cn1ccnc1-c1ccc2c(c1)C(=O)NC2.Cn1ccnc1Br.O=C1NCc2ccc(Br)cc21. The lowest BCUT2D eigenvalue weighted by atomic mass is 9.49. The molecule has 34 heteroatoms. The third-order valence-electron chi connectivity index (χ3n) is 22.7. The van der Waals surface area contributed by atoms with E-state index in [1.54, 1.807) is 36.1 Å². The minimum absolute atomic E-state index is 0.00561. The van der Waals surface area contributed by atoms with Crippen LogP contribution in [0.1, 0.15) is 185 Å². The maximum absolute atomic E-state index is 13.2. The van der Waals surface area contributed by atoms with Crippen molar-refractivity contribution in [1.29, 1.82) is 0 Å². The van der Waals surface area contributed by atoms with Crippen LogP contribution < -0.4 is 26.3 Å². The quantitative estimate of drug-likeness (QED) is 0.0893. The molecule has 600 valence electrons. The van der Waals surface area contributed by atoms with E-state index in [4.69, 9.17) is 32.9 Å². The van der Waals surface area contributed by atoms with Gasteiger partial charge in [0, 0.05) is 128 Å². The fourth-order valence-electron chi connectivity index (χ4n) is 13.5. The Morgan fingerprint density at radius 2 is 0.862 bits per heavy atom. The van der Waals surface area contributed by atoms with Crippen molar-refractivity contribution in [3.63, 3.8) is 0 Å². The normalized spacial score (nSPS) is 18.7. The zero-order valence-electron chi connectivity index (χ0n) is 67.5. The average molecular weight is 1760 g/mol. The van der Waals surface area contributed by atoms with Gasteiger partial charge in [0.1, 0.15) is 46.1 Å². The molecule has 116 heavy (non-hydrogen) atoms. The van der Waals surface area contributed by atoms with Crippen molar-refractivity contribution in [3.05, 3.63) is 217 Å². The van der Waals surface area contributed by atoms with E-state index < -0.39 is 21.1 Å². The summed E-state index contributed by atoms with van der Waals surface area (Å²) in [5.41, 5.74) is 9.38. The minimum atomic E-state index is -0.476. The molecular weight excluding hydrogens is 1670 g/mol. The van der Waals surface area contributed by atoms with E-state index in [-0.39, 0.29) is 57.2 Å². The van der Waals surface area contributed by atoms with Crippen molar-refractivity contribution in [1.82, 2.24) is 84.1 Å². The number of carbonyl (C=O) groups excluding carboxylic acids is 4. The van der Waals surface area contributed by atoms with Gasteiger partial charge in [0.05, 0.1) is 40.2 Å². The Kier molecular flexibility index (Phi) is 23.6. The first kappa shape index (κ1) is 82.9. The molecule has 7 aromatic heterocycles. The summed E-state index contributed by atoms with van der Waals surface area (Å²) in [4.78, 5) is 70.9. The van der Waals surface area contributed by atoms with Gasteiger partial charge in [-0.25, -0.2) is 24.9 Å². The van der Waals surface area contributed by atoms with Gasteiger partial charge in [0.2, 0.25) is 0 Å². The highest BCUT2D eigenvalue weighted by Gasteiger charge is 2.64. The van der Waals surface area contributed by atoms with Gasteiger partial charge in [-0.05, 0) is 223 Å². The number of hydrogen-bond donors (Lipinski definition) is 3. The minimum Gasteiger partial charge on any atom is -0.405 e. The van der Waals surface area contributed by atoms with Crippen molar-refractivity contribution >= 4 is 104 Å². The van der Waals surface area contributed by atoms with Gasteiger partial charge in [-0.1, -0.05) is 70.5 Å². The fourth-order valence-corrected chi connectivity index (χ4v) is 14.4. The molecule has 2 saturated carbocycles. The second kappa shape index (κ2) is 33.0. The number of anilines is 1. The molecule has 3 saturated heterocycles.